The van der Waals surface area contributed by atoms with E-state index in [0.717, 1.165) is 50.7 Å². The summed E-state index contributed by atoms with van der Waals surface area (Å²) >= 11 is 5.56. The molecule has 0 saturated carbocycles. The topological polar surface area (TPSA) is 227 Å². The molecule has 2 aliphatic heterocycles. The molecule has 0 atom stereocenters. The van der Waals surface area contributed by atoms with Crippen molar-refractivity contribution in [3.63, 3.8) is 0 Å². The van der Waals surface area contributed by atoms with Crippen molar-refractivity contribution in [2.45, 2.75) is 0 Å². The Kier molecular flexibility index (Phi) is 22.4. The van der Waals surface area contributed by atoms with Gasteiger partial charge in [-0.25, -0.2) is 27.5 Å². The zero-order valence-electron chi connectivity index (χ0n) is 40.1. The van der Waals surface area contributed by atoms with E-state index in [1.54, 1.807) is 60.7 Å². The van der Waals surface area contributed by atoms with Gasteiger partial charge in [0.2, 0.25) is 34.7 Å². The molecule has 6 aromatic rings. The van der Waals surface area contributed by atoms with Crippen LogP contribution in [0.3, 0.4) is 0 Å². The molecule has 0 unspecified atom stereocenters. The average Bonchev–Trinajstić information content (AvgIpc) is 3.40. The molecule has 75 heavy (non-hydrogen) atoms. The Morgan fingerprint density at radius 3 is 1.56 bits per heavy atom. The first-order valence-electron chi connectivity index (χ1n) is 22.8. The number of rotatable bonds is 16. The van der Waals surface area contributed by atoms with Gasteiger partial charge in [0.25, 0.3) is 11.8 Å². The predicted molar refractivity (Wildman–Crippen MR) is 273 cm³/mol. The fourth-order valence-electron chi connectivity index (χ4n) is 7.18. The number of hydrogen-bond acceptors (Lipinski definition) is 16. The number of benzene rings is 4. The van der Waals surface area contributed by atoms with Crippen molar-refractivity contribution in [2.75, 3.05) is 110 Å². The number of nitrogens with zero attached hydrogens (tertiary/aromatic N) is 10. The smallest absolute Gasteiger partial charge is 0.260 e. The first-order chi connectivity index (χ1) is 36.2. The lowest BCUT2D eigenvalue weighted by Crippen LogP contribution is -2.47. The van der Waals surface area contributed by atoms with Crippen molar-refractivity contribution in [3.05, 3.63) is 151 Å². The summed E-state index contributed by atoms with van der Waals surface area (Å²) in [7, 11) is 0. The fourth-order valence-corrected chi connectivity index (χ4v) is 7.31. The van der Waals surface area contributed by atoms with Gasteiger partial charge in [0.05, 0.1) is 23.8 Å². The number of carbonyl (C=O) groups is 2. The quantitative estimate of drug-likeness (QED) is 0.0233. The normalized spacial score (nSPS) is 13.2. The lowest BCUT2D eigenvalue weighted by molar-refractivity contribution is -0.112. The van der Waals surface area contributed by atoms with E-state index in [2.05, 4.69) is 49.0 Å². The van der Waals surface area contributed by atoms with E-state index in [1.165, 1.54) is 24.3 Å². The lowest BCUT2D eigenvalue weighted by atomic mass is 10.2. The van der Waals surface area contributed by atoms with Gasteiger partial charge in [-0.15, -0.1) is 0 Å². The Morgan fingerprint density at radius 2 is 1.09 bits per heavy atom. The number of nitrogens with two attached hydrogens (primary N) is 1. The Hall–Kier alpha value is -8.53. The summed E-state index contributed by atoms with van der Waals surface area (Å²) in [4.78, 5) is 45.7. The minimum absolute atomic E-state index is 0.00880. The molecule has 0 aliphatic carbocycles. The zero-order valence-corrected chi connectivity index (χ0v) is 40.9. The third-order valence-electron chi connectivity index (χ3n) is 10.8. The number of carbonyl (C=O) groups excluding carboxylic acids is 2. The van der Waals surface area contributed by atoms with Crippen LogP contribution in [-0.2, 0) is 9.59 Å². The van der Waals surface area contributed by atoms with Crippen LogP contribution in [0.1, 0.15) is 0 Å². The second kappa shape index (κ2) is 29.2. The summed E-state index contributed by atoms with van der Waals surface area (Å²) in [6.07, 6.45) is 4.11. The molecule has 0 radical (unpaired) electrons. The molecule has 5 N–H and O–H groups in total. The molecule has 4 aromatic carbocycles. The van der Waals surface area contributed by atoms with Crippen molar-refractivity contribution >= 4 is 63.5 Å². The largest absolute Gasteiger partial charge is 0.436 e. The van der Waals surface area contributed by atoms with E-state index in [9.17, 15) is 35.9 Å². The van der Waals surface area contributed by atoms with E-state index in [4.69, 9.17) is 37.6 Å². The van der Waals surface area contributed by atoms with Crippen LogP contribution in [0.5, 0.6) is 23.3 Å². The molecule has 8 rings (SSSR count). The summed E-state index contributed by atoms with van der Waals surface area (Å²) in [5.41, 5.74) is 8.27. The Morgan fingerprint density at radius 1 is 0.627 bits per heavy atom. The highest BCUT2D eigenvalue weighted by atomic mass is 35.5. The van der Waals surface area contributed by atoms with Crippen molar-refractivity contribution < 1.29 is 45.4 Å². The lowest BCUT2D eigenvalue weighted by Gasteiger charge is -2.35. The van der Waals surface area contributed by atoms with Crippen LogP contribution < -0.4 is 41.0 Å². The number of anilines is 7. The minimum atomic E-state index is -0.797. The predicted octanol–water partition coefficient (Wildman–Crippen LogP) is 9.22. The minimum Gasteiger partial charge on any atom is -0.436 e. The third kappa shape index (κ3) is 17.9. The second-order valence-corrected chi connectivity index (χ2v) is 16.2. The molecule has 2 fully saturated rings. The number of alkyl halides is 2. The van der Waals surface area contributed by atoms with Gasteiger partial charge in [-0.2, -0.15) is 18.7 Å². The van der Waals surface area contributed by atoms with Crippen molar-refractivity contribution in [2.24, 2.45) is 0 Å². The first kappa shape index (κ1) is 57.4. The average molecular weight is 1060 g/mol. The SMILES string of the molecule is C=CC(=O)Nc1cccc(Oc2nc(Cl)ncc2F)c1.C=CC(=O)Nc1cccc(Oc2nc(Nc3ccc(N4CCN(CCF)CC4)c(F)c3)ncc2F)c1.N#N.Nc1ccc(N2CCN(CCF)CC2)c(F)c1. The summed E-state index contributed by atoms with van der Waals surface area (Å²) in [5, 5.41) is 19.9. The van der Waals surface area contributed by atoms with Crippen molar-refractivity contribution in [3.8, 4) is 23.3 Å². The monoisotopic (exact) mass is 1060 g/mol. The standard InChI is InChI=1S/C25H25F3N6O2.C13H9ClFN3O2.C12H17F2N3.N2/c1-2-23(35)30-17-4-3-5-19(14-17)36-24-21(28)16-29-25(32-24)31-18-6-7-22(20(27)15-18)34-12-10-33(9-8-26)11-13-34;1-2-11(19)17-8-4-3-5-9(6-8)20-12-10(15)7-16-13(14)18-12;13-3-4-16-5-7-17(8-6-16)12-2-1-10(15)9-11(12)14;1-2/h2-7,14-16H,1,8-13H2,(H,30,35)(H,29,31,32);2-7H,1H2,(H,17,19);1-2,9H,3-8,15H2;. The molecule has 394 valence electrons. The highest BCUT2D eigenvalue weighted by Gasteiger charge is 2.21. The maximum absolute atomic E-state index is 14.9. The number of amides is 2. The Bertz CT molecular complexity index is 2890. The molecule has 4 heterocycles. The number of ether oxygens (including phenoxy) is 2. The van der Waals surface area contributed by atoms with Crippen LogP contribution in [-0.4, -0.2) is 120 Å². The van der Waals surface area contributed by atoms with Gasteiger partial charge in [-0.05, 0) is 84.4 Å². The van der Waals surface area contributed by atoms with Crippen LogP contribution in [0.4, 0.5) is 66.4 Å². The molecule has 25 heteroatoms. The molecule has 0 spiro atoms. The number of aromatic nitrogens is 4. The molecule has 2 aliphatic rings. The van der Waals surface area contributed by atoms with Gasteiger partial charge in [0, 0.05) is 111 Å². The summed E-state index contributed by atoms with van der Waals surface area (Å²) in [6.45, 7) is 12.4. The number of piperazine rings is 2. The van der Waals surface area contributed by atoms with Crippen molar-refractivity contribution in [1.29, 1.82) is 10.8 Å². The van der Waals surface area contributed by atoms with E-state index < -0.39 is 30.0 Å². The van der Waals surface area contributed by atoms with Crippen LogP contribution in [0.25, 0.3) is 0 Å². The maximum atomic E-state index is 14.9. The van der Waals surface area contributed by atoms with Gasteiger partial charge < -0.3 is 41.0 Å². The van der Waals surface area contributed by atoms with Gasteiger partial charge in [-0.3, -0.25) is 19.4 Å². The van der Waals surface area contributed by atoms with E-state index >= 15 is 0 Å². The molecule has 2 saturated heterocycles. The van der Waals surface area contributed by atoms with Gasteiger partial charge in [-0.1, -0.05) is 25.3 Å². The Labute approximate surface area is 432 Å². The van der Waals surface area contributed by atoms with Gasteiger partial charge in [0.1, 0.15) is 36.5 Å². The van der Waals surface area contributed by atoms with Crippen LogP contribution in [0, 0.1) is 34.1 Å². The maximum Gasteiger partial charge on any atom is 0.260 e. The third-order valence-corrected chi connectivity index (χ3v) is 11.0. The summed E-state index contributed by atoms with van der Waals surface area (Å²) < 4.78 is 91.8. The Balaban J connectivity index is 0.000000225. The molecule has 18 nitrogen and oxygen atoms in total. The zero-order chi connectivity index (χ0) is 54.3. The van der Waals surface area contributed by atoms with Crippen LogP contribution >= 0.6 is 11.6 Å². The molecule has 0 bridgehead atoms. The number of nitrogen functional groups attached to an aromatic ring is 1. The molecule has 2 amide bonds. The van der Waals surface area contributed by atoms with E-state index in [0.29, 0.717) is 79.1 Å². The number of halogens is 7. The molecular weight excluding hydrogens is 1010 g/mol. The molecular formula is C50H51ClF6N14O4. The van der Waals surface area contributed by atoms with Crippen molar-refractivity contribution in [1.82, 2.24) is 29.7 Å². The fraction of sp³-hybridized carbons (Fsp3) is 0.240. The highest BCUT2D eigenvalue weighted by Crippen LogP contribution is 2.30. The molecule has 2 aromatic heterocycles. The van der Waals surface area contributed by atoms with Gasteiger partial charge in [0.15, 0.2) is 0 Å². The van der Waals surface area contributed by atoms with E-state index in [-0.39, 0.29) is 47.1 Å². The van der Waals surface area contributed by atoms with Crippen LogP contribution in [0.15, 0.2) is 123 Å². The van der Waals surface area contributed by atoms with Gasteiger partial charge >= 0.3 is 0 Å². The number of hydrogen-bond donors (Lipinski definition) is 4. The second-order valence-electron chi connectivity index (χ2n) is 15.8. The summed E-state index contributed by atoms with van der Waals surface area (Å²) in [5.74, 6) is -3.12. The van der Waals surface area contributed by atoms with E-state index in [1.807, 2.05) is 19.6 Å². The highest BCUT2D eigenvalue weighted by molar-refractivity contribution is 6.28. The number of nitrogens with one attached hydrogen (secondary N) is 3. The van der Waals surface area contributed by atoms with Crippen LogP contribution in [0.2, 0.25) is 5.28 Å². The summed E-state index contributed by atoms with van der Waals surface area (Å²) in [6, 6.07) is 22.1. The first-order valence-corrected chi connectivity index (χ1v) is 23.1.